The Morgan fingerprint density at radius 3 is 1.88 bits per heavy atom. The van der Waals surface area contributed by atoms with Crippen molar-refractivity contribution in [3.63, 3.8) is 0 Å². The van der Waals surface area contributed by atoms with Crippen LogP contribution in [0.15, 0.2) is 36.8 Å². The quantitative estimate of drug-likeness (QED) is 0.263. The molecule has 0 fully saturated rings. The van der Waals surface area contributed by atoms with Crippen LogP contribution < -0.4 is 0 Å². The van der Waals surface area contributed by atoms with Gasteiger partial charge in [0, 0.05) is 29.1 Å². The van der Waals surface area contributed by atoms with Crippen LogP contribution in [0.4, 0.5) is 30.7 Å². The molecule has 0 aliphatic carbocycles. The predicted molar refractivity (Wildman–Crippen MR) is 111 cm³/mol. The molecular formula is C18H8Cl4F7N3O2. The lowest BCUT2D eigenvalue weighted by molar-refractivity contribution is -0.348. The molecule has 0 unspecified atom stereocenters. The highest BCUT2D eigenvalue weighted by Gasteiger charge is 2.73. The number of hydrogen-bond donors (Lipinski definition) is 1. The van der Waals surface area contributed by atoms with Gasteiger partial charge in [-0.2, -0.15) is 31.4 Å². The summed E-state index contributed by atoms with van der Waals surface area (Å²) in [6, 6.07) is 1.46. The largest absolute Gasteiger partial charge is 0.478 e. The van der Waals surface area contributed by atoms with Gasteiger partial charge in [0.25, 0.3) is 0 Å². The van der Waals surface area contributed by atoms with Gasteiger partial charge in [-0.1, -0.05) is 34.8 Å². The molecule has 0 spiro atoms. The minimum atomic E-state index is -6.35. The SMILES string of the molecule is Cl.O=C(O)c1cc(-c2cnn(-c3c(Cl)cc(C(F)(C(F)(F)F)C(F)(F)F)cc3Cl)c2)cnc1Cl. The molecule has 2 aromatic heterocycles. The van der Waals surface area contributed by atoms with E-state index in [1.165, 1.54) is 18.6 Å². The monoisotopic (exact) mass is 571 g/mol. The molecule has 2 heterocycles. The van der Waals surface area contributed by atoms with Crippen LogP contribution in [0.1, 0.15) is 15.9 Å². The number of carbonyl (C=O) groups is 1. The summed E-state index contributed by atoms with van der Waals surface area (Å²) in [4.78, 5) is 14.9. The van der Waals surface area contributed by atoms with E-state index < -0.39 is 39.6 Å². The second-order valence-electron chi connectivity index (χ2n) is 6.48. The molecule has 0 aliphatic heterocycles. The lowest BCUT2D eigenvalue weighted by Crippen LogP contribution is -2.50. The first-order valence-corrected chi connectivity index (χ1v) is 9.47. The normalized spacial score (nSPS) is 12.4. The third-order valence-electron chi connectivity index (χ3n) is 4.41. The van der Waals surface area contributed by atoms with Gasteiger partial charge in [-0.3, -0.25) is 0 Å². The van der Waals surface area contributed by atoms with Gasteiger partial charge in [-0.25, -0.2) is 18.9 Å². The smallest absolute Gasteiger partial charge is 0.435 e. The average Bonchev–Trinajstić information content (AvgIpc) is 3.14. The van der Waals surface area contributed by atoms with E-state index >= 15 is 0 Å². The first-order chi connectivity index (χ1) is 15.1. The molecule has 0 aliphatic rings. The van der Waals surface area contributed by atoms with Crippen molar-refractivity contribution in [3.8, 4) is 16.8 Å². The number of halogens is 11. The highest BCUT2D eigenvalue weighted by molar-refractivity contribution is 6.38. The van der Waals surface area contributed by atoms with Crippen LogP contribution in [-0.4, -0.2) is 38.2 Å². The van der Waals surface area contributed by atoms with E-state index in [9.17, 15) is 35.5 Å². The molecule has 1 N–H and O–H groups in total. The fraction of sp³-hybridized carbons (Fsp3) is 0.167. The second kappa shape index (κ2) is 9.40. The Bertz CT molecular complexity index is 1210. The Hall–Kier alpha value is -2.28. The topological polar surface area (TPSA) is 68.0 Å². The summed E-state index contributed by atoms with van der Waals surface area (Å²) in [6.45, 7) is 0. The number of benzene rings is 1. The van der Waals surface area contributed by atoms with E-state index in [2.05, 4.69) is 10.1 Å². The van der Waals surface area contributed by atoms with E-state index in [0.29, 0.717) is 0 Å². The molecule has 34 heavy (non-hydrogen) atoms. The molecule has 3 aromatic rings. The van der Waals surface area contributed by atoms with Gasteiger partial charge in [-0.15, -0.1) is 12.4 Å². The van der Waals surface area contributed by atoms with Crippen molar-refractivity contribution >= 4 is 53.2 Å². The van der Waals surface area contributed by atoms with Gasteiger partial charge in [0.05, 0.1) is 21.8 Å². The van der Waals surface area contributed by atoms with Crippen LogP contribution in [0.3, 0.4) is 0 Å². The van der Waals surface area contributed by atoms with Gasteiger partial charge in [0.2, 0.25) is 0 Å². The molecule has 184 valence electrons. The van der Waals surface area contributed by atoms with Crippen molar-refractivity contribution in [2.75, 3.05) is 0 Å². The van der Waals surface area contributed by atoms with Crippen molar-refractivity contribution in [1.29, 1.82) is 0 Å². The maximum atomic E-state index is 14.3. The maximum absolute atomic E-state index is 14.3. The summed E-state index contributed by atoms with van der Waals surface area (Å²) in [5, 5.41) is 11.2. The zero-order chi connectivity index (χ0) is 24.9. The second-order valence-corrected chi connectivity index (χ2v) is 7.66. The number of alkyl halides is 7. The number of carboxylic acid groups (broad SMARTS) is 1. The molecule has 3 rings (SSSR count). The Morgan fingerprint density at radius 2 is 1.41 bits per heavy atom. The molecule has 0 saturated carbocycles. The van der Waals surface area contributed by atoms with Crippen LogP contribution in [0, 0.1) is 0 Å². The van der Waals surface area contributed by atoms with Crippen LogP contribution in [-0.2, 0) is 5.67 Å². The van der Waals surface area contributed by atoms with E-state index in [1.807, 2.05) is 0 Å². The van der Waals surface area contributed by atoms with Crippen molar-refractivity contribution in [3.05, 3.63) is 63.1 Å². The molecule has 0 saturated heterocycles. The Labute approximate surface area is 206 Å². The summed E-state index contributed by atoms with van der Waals surface area (Å²) in [6.07, 6.45) is -9.13. The van der Waals surface area contributed by atoms with Crippen molar-refractivity contribution in [1.82, 2.24) is 14.8 Å². The number of aromatic carboxylic acids is 1. The van der Waals surface area contributed by atoms with E-state index in [4.69, 9.17) is 39.9 Å². The summed E-state index contributed by atoms with van der Waals surface area (Å²) in [7, 11) is 0. The Balaban J connectivity index is 0.00000408. The highest BCUT2D eigenvalue weighted by Crippen LogP contribution is 2.54. The van der Waals surface area contributed by atoms with Gasteiger partial charge in [0.15, 0.2) is 0 Å². The van der Waals surface area contributed by atoms with Crippen molar-refractivity contribution in [2.45, 2.75) is 18.0 Å². The van der Waals surface area contributed by atoms with E-state index in [1.54, 1.807) is 0 Å². The van der Waals surface area contributed by atoms with Crippen molar-refractivity contribution in [2.24, 2.45) is 0 Å². The summed E-state index contributed by atoms with van der Waals surface area (Å²) < 4.78 is 93.4. The summed E-state index contributed by atoms with van der Waals surface area (Å²) in [5.74, 6) is -1.37. The van der Waals surface area contributed by atoms with E-state index in [-0.39, 0.29) is 52.1 Å². The van der Waals surface area contributed by atoms with Crippen LogP contribution in [0.2, 0.25) is 15.2 Å². The number of carboxylic acids is 1. The minimum absolute atomic E-state index is 0. The maximum Gasteiger partial charge on any atom is 0.435 e. The number of hydrogen-bond acceptors (Lipinski definition) is 3. The van der Waals surface area contributed by atoms with Gasteiger partial charge >= 0.3 is 24.0 Å². The minimum Gasteiger partial charge on any atom is -0.478 e. The summed E-state index contributed by atoms with van der Waals surface area (Å²) in [5.41, 5.74) is -7.82. The van der Waals surface area contributed by atoms with Gasteiger partial charge in [0.1, 0.15) is 10.8 Å². The lowest BCUT2D eigenvalue weighted by atomic mass is 9.94. The summed E-state index contributed by atoms with van der Waals surface area (Å²) >= 11 is 17.4. The Morgan fingerprint density at radius 1 is 0.882 bits per heavy atom. The molecule has 0 atom stereocenters. The molecule has 0 bridgehead atoms. The van der Waals surface area contributed by atoms with Crippen LogP contribution >= 0.6 is 47.2 Å². The van der Waals surface area contributed by atoms with Crippen LogP contribution in [0.25, 0.3) is 16.8 Å². The number of rotatable bonds is 4. The zero-order valence-corrected chi connectivity index (χ0v) is 18.9. The van der Waals surface area contributed by atoms with Gasteiger partial charge in [-0.05, 0) is 18.2 Å². The fourth-order valence-corrected chi connectivity index (χ4v) is 3.67. The zero-order valence-electron chi connectivity index (χ0n) is 15.8. The molecule has 1 aromatic carbocycles. The van der Waals surface area contributed by atoms with Crippen LogP contribution in [0.5, 0.6) is 0 Å². The first-order valence-electron chi connectivity index (χ1n) is 8.34. The standard InChI is InChI=1S/C18H7Cl3F7N3O2.ClH/c19-11-2-9(16(22,17(23,24)25)18(26,27)28)3-12(20)13(11)31-6-8(5-30-31)7-1-10(15(32)33)14(21)29-4-7;/h1-6H,(H,32,33);1H. The fourth-order valence-electron chi connectivity index (χ4n) is 2.82. The molecule has 0 radical (unpaired) electrons. The molecular weight excluding hydrogens is 565 g/mol. The molecule has 5 nitrogen and oxygen atoms in total. The third-order valence-corrected chi connectivity index (χ3v) is 5.29. The van der Waals surface area contributed by atoms with Gasteiger partial charge < -0.3 is 5.11 Å². The van der Waals surface area contributed by atoms with Crippen molar-refractivity contribution < 1.29 is 40.6 Å². The first kappa shape index (κ1) is 28.0. The highest BCUT2D eigenvalue weighted by atomic mass is 35.5. The predicted octanol–water partition coefficient (Wildman–Crippen LogP) is 7.30. The lowest BCUT2D eigenvalue weighted by Gasteiger charge is -2.30. The number of nitrogens with zero attached hydrogens (tertiary/aromatic N) is 3. The average molecular weight is 573 g/mol. The third kappa shape index (κ3) is 4.77. The van der Waals surface area contributed by atoms with E-state index in [0.717, 1.165) is 10.7 Å². The molecule has 0 amide bonds. The number of aromatic nitrogens is 3. The number of pyridine rings is 1. The Kier molecular flexibility index (Phi) is 7.73. The molecule has 16 heteroatoms.